The fourth-order valence-electron chi connectivity index (χ4n) is 5.86. The molecule has 0 aliphatic carbocycles. The maximum atomic E-state index is 13.5. The van der Waals surface area contributed by atoms with E-state index in [4.69, 9.17) is 9.47 Å². The number of hydrogen-bond donors (Lipinski definition) is 14. The second-order valence-electron chi connectivity index (χ2n) is 15.0. The molecule has 14 N–H and O–H groups in total. The van der Waals surface area contributed by atoms with Crippen molar-refractivity contribution >= 4 is 182 Å². The molecule has 0 saturated carbocycles. The molecule has 30 heteroatoms. The average Bonchev–Trinajstić information content (AvgIpc) is 3.30. The molecule has 2 rings (SSSR count). The summed E-state index contributed by atoms with van der Waals surface area (Å²) in [6, 6.07) is 0. The lowest BCUT2D eigenvalue weighted by Gasteiger charge is -2.29. The van der Waals surface area contributed by atoms with Gasteiger partial charge in [-0.1, -0.05) is 0 Å². The van der Waals surface area contributed by atoms with Gasteiger partial charge in [0.2, 0.25) is 11.8 Å². The quantitative estimate of drug-likeness (QED) is 0.0304. The van der Waals surface area contributed by atoms with Gasteiger partial charge < -0.3 is 91.6 Å². The predicted molar refractivity (Wildman–Crippen MR) is 301 cm³/mol. The zero-order valence-electron chi connectivity index (χ0n) is 37.3. The number of anilines is 2. The number of benzene rings is 2. The van der Waals surface area contributed by atoms with Crippen LogP contribution < -0.4 is 31.1 Å². The Balaban J connectivity index is 2.29. The highest BCUT2D eigenvalue weighted by atomic mass is 127. The van der Waals surface area contributed by atoms with Gasteiger partial charge in [0.25, 0.3) is 23.6 Å². The Kier molecular flexibility index (Phi) is 30.4. The Hall–Kier alpha value is -0.840. The number of carbonyl (C=O) groups excluding carboxylic acids is 6. The number of amides is 6. The highest BCUT2D eigenvalue weighted by Crippen LogP contribution is 2.40. The van der Waals surface area contributed by atoms with E-state index in [1.54, 1.807) is 45.2 Å². The zero-order valence-corrected chi connectivity index (χ0v) is 50.2. The fourth-order valence-corrected chi connectivity index (χ4v) is 15.3. The number of carbonyl (C=O) groups is 6. The maximum Gasteiger partial charge on any atom is 0.253 e. The van der Waals surface area contributed by atoms with Crippen LogP contribution in [0.25, 0.3) is 0 Å². The van der Waals surface area contributed by atoms with Crippen LogP contribution in [-0.2, 0) is 19.1 Å². The van der Waals surface area contributed by atoms with Crippen LogP contribution in [0, 0.1) is 21.4 Å². The Labute approximate surface area is 483 Å². The first-order chi connectivity index (χ1) is 32.9. The van der Waals surface area contributed by atoms with Crippen LogP contribution >= 0.6 is 136 Å². The Morgan fingerprint density at radius 3 is 0.857 bits per heavy atom. The minimum absolute atomic E-state index is 0.0617. The number of aliphatic hydroxyl groups excluding tert-OH is 10. The topological polar surface area (TPSA) is 378 Å². The summed E-state index contributed by atoms with van der Waals surface area (Å²) in [7, 11) is 0. The number of nitrogens with zero attached hydrogens (tertiary/aromatic N) is 2. The summed E-state index contributed by atoms with van der Waals surface area (Å²) in [5.74, 6) is -4.22. The van der Waals surface area contributed by atoms with Gasteiger partial charge in [-0.05, 0) is 136 Å². The summed E-state index contributed by atoms with van der Waals surface area (Å²) in [5.41, 5.74) is -0.0892. The van der Waals surface area contributed by atoms with E-state index in [0.717, 1.165) is 9.80 Å². The molecule has 24 nitrogen and oxygen atoms in total. The summed E-state index contributed by atoms with van der Waals surface area (Å²) >= 11 is 10.8. The molecule has 0 bridgehead atoms. The van der Waals surface area contributed by atoms with E-state index in [0.29, 0.717) is 0 Å². The second-order valence-corrected chi connectivity index (χ2v) is 21.5. The Bertz CT molecular complexity index is 1910. The van der Waals surface area contributed by atoms with Crippen LogP contribution in [0.5, 0.6) is 0 Å². The van der Waals surface area contributed by atoms with Crippen molar-refractivity contribution in [2.45, 2.75) is 50.5 Å². The standard InChI is InChI=1S/C40H54I6N6O18/c1-17(57)51(35-31(43)25(37(65)47-5-19(59)11-53)29(41)26(32(35)44)38(66)48-6-20(60)12-54)9-23(63)15-69-3-4-70-16-24(64)10-52(18(2)58)36-33(45)27(39(67)49-7-21(61)13-55)30(42)28(34(36)46)40(68)50-8-22(62)14-56/h19-24,53-56,59-64H,3-16H2,1-2H3,(H,47,65)(H,48,66)(H,49,67)(H,50,68). The predicted octanol–water partition coefficient (Wildman–Crippen LogP) is -2.19. The molecule has 6 atom stereocenters. The van der Waals surface area contributed by atoms with Crippen molar-refractivity contribution in [1.82, 2.24) is 21.3 Å². The van der Waals surface area contributed by atoms with Crippen molar-refractivity contribution in [3.05, 3.63) is 43.7 Å². The van der Waals surface area contributed by atoms with Crippen LogP contribution in [0.3, 0.4) is 0 Å². The number of halogens is 6. The Morgan fingerprint density at radius 2 is 0.657 bits per heavy atom. The van der Waals surface area contributed by atoms with Crippen molar-refractivity contribution in [3.8, 4) is 0 Å². The lowest BCUT2D eigenvalue weighted by Crippen LogP contribution is -2.41. The van der Waals surface area contributed by atoms with E-state index in [9.17, 15) is 79.8 Å². The molecule has 0 saturated heterocycles. The first-order valence-electron chi connectivity index (χ1n) is 20.7. The molecule has 0 spiro atoms. The van der Waals surface area contributed by atoms with Gasteiger partial charge in [-0.25, -0.2) is 0 Å². The third-order valence-electron chi connectivity index (χ3n) is 9.41. The molecule has 0 aliphatic heterocycles. The number of ether oxygens (including phenoxy) is 2. The molecule has 2 aromatic carbocycles. The number of nitrogens with one attached hydrogen (secondary N) is 4. The van der Waals surface area contributed by atoms with Gasteiger partial charge in [0.15, 0.2) is 0 Å². The van der Waals surface area contributed by atoms with Gasteiger partial charge in [-0.3, -0.25) is 28.8 Å². The first kappa shape index (κ1) is 65.3. The summed E-state index contributed by atoms with van der Waals surface area (Å²) in [6.07, 6.45) is -7.89. The molecular weight excluding hydrogens is 1610 g/mol. The smallest absolute Gasteiger partial charge is 0.253 e. The van der Waals surface area contributed by atoms with Gasteiger partial charge in [0, 0.05) is 47.2 Å². The van der Waals surface area contributed by atoms with Gasteiger partial charge in [-0.15, -0.1) is 0 Å². The fraction of sp³-hybridized carbons (Fsp3) is 0.550. The first-order valence-corrected chi connectivity index (χ1v) is 27.1. The molecule has 0 fully saturated rings. The van der Waals surface area contributed by atoms with Gasteiger partial charge in [-0.2, -0.15) is 0 Å². The highest BCUT2D eigenvalue weighted by molar-refractivity contribution is 14.1. The monoisotopic (exact) mass is 1670 g/mol. The molecule has 6 unspecified atom stereocenters. The van der Waals surface area contributed by atoms with E-state index >= 15 is 0 Å². The molecule has 2 aromatic rings. The minimum atomic E-state index is -1.35. The third kappa shape index (κ3) is 19.1. The molecule has 394 valence electrons. The summed E-state index contributed by atoms with van der Waals surface area (Å²) in [6.45, 7) is -3.34. The molecule has 70 heavy (non-hydrogen) atoms. The SMILES string of the molecule is CC(=O)N(CC(O)COCCOCC(O)CN(C(C)=O)c1c(I)c(C(=O)NCC(O)CO)c(I)c(C(=O)NCC(O)CO)c1I)c1c(I)c(C(=O)NCC(O)CO)c(I)c(C(=O)NCC(O)CO)c1I. The molecule has 6 amide bonds. The van der Waals surface area contributed by atoms with Crippen molar-refractivity contribution in [2.24, 2.45) is 0 Å². The van der Waals surface area contributed by atoms with Gasteiger partial charge in [0.05, 0.1) is 150 Å². The van der Waals surface area contributed by atoms with E-state index in [-0.39, 0.29) is 108 Å². The molecule has 0 aliphatic rings. The zero-order chi connectivity index (χ0) is 53.2. The summed E-state index contributed by atoms with van der Waals surface area (Å²) < 4.78 is 12.3. The van der Waals surface area contributed by atoms with E-state index in [1.165, 1.54) is 13.8 Å². The van der Waals surface area contributed by atoms with Crippen molar-refractivity contribution in [3.63, 3.8) is 0 Å². The summed E-state index contributed by atoms with van der Waals surface area (Å²) in [4.78, 5) is 82.7. The maximum absolute atomic E-state index is 13.5. The van der Waals surface area contributed by atoms with Crippen LogP contribution in [0.1, 0.15) is 55.3 Å². The number of aliphatic hydroxyl groups is 10. The minimum Gasteiger partial charge on any atom is -0.394 e. The molecule has 0 aromatic heterocycles. The molecular formula is C40H54I6N6O18. The summed E-state index contributed by atoms with van der Waals surface area (Å²) in [5, 5.41) is 108. The lowest BCUT2D eigenvalue weighted by molar-refractivity contribution is -0.118. The number of hydrogen-bond acceptors (Lipinski definition) is 18. The van der Waals surface area contributed by atoms with E-state index in [2.05, 4.69) is 21.3 Å². The highest BCUT2D eigenvalue weighted by Gasteiger charge is 2.34. The van der Waals surface area contributed by atoms with Crippen molar-refractivity contribution < 1.29 is 89.3 Å². The molecule has 0 radical (unpaired) electrons. The second kappa shape index (κ2) is 32.6. The van der Waals surface area contributed by atoms with E-state index in [1.807, 2.05) is 90.4 Å². The van der Waals surface area contributed by atoms with Crippen LogP contribution in [0.2, 0.25) is 0 Å². The van der Waals surface area contributed by atoms with E-state index < -0.39 is 112 Å². The van der Waals surface area contributed by atoms with Gasteiger partial charge in [0.1, 0.15) is 0 Å². The largest absolute Gasteiger partial charge is 0.394 e. The molecule has 0 heterocycles. The Morgan fingerprint density at radius 1 is 0.429 bits per heavy atom. The normalized spacial score (nSPS) is 13.9. The van der Waals surface area contributed by atoms with Crippen LogP contribution in [0.4, 0.5) is 11.4 Å². The lowest BCUT2D eigenvalue weighted by atomic mass is 10.1. The number of rotatable bonds is 29. The average molecular weight is 1670 g/mol. The third-order valence-corrected chi connectivity index (χ3v) is 15.8. The van der Waals surface area contributed by atoms with Crippen LogP contribution in [0.15, 0.2) is 0 Å². The van der Waals surface area contributed by atoms with Crippen LogP contribution in [-0.4, -0.2) is 215 Å². The van der Waals surface area contributed by atoms with Crippen molar-refractivity contribution in [1.29, 1.82) is 0 Å². The van der Waals surface area contributed by atoms with Crippen molar-refractivity contribution in [2.75, 3.05) is 102 Å². The van der Waals surface area contributed by atoms with Gasteiger partial charge >= 0.3 is 0 Å².